The van der Waals surface area contributed by atoms with Gasteiger partial charge in [0.25, 0.3) is 10.0 Å². The monoisotopic (exact) mass is 240 g/mol. The molecule has 0 fully saturated rings. The van der Waals surface area contributed by atoms with Crippen LogP contribution in [0.4, 0.5) is 0 Å². The van der Waals surface area contributed by atoms with Gasteiger partial charge in [0.05, 0.1) is 4.90 Å². The second-order valence-electron chi connectivity index (χ2n) is 3.50. The molecule has 0 radical (unpaired) electrons. The Kier molecular flexibility index (Phi) is 4.49. The zero-order valence-electron chi connectivity index (χ0n) is 9.47. The summed E-state index contributed by atoms with van der Waals surface area (Å²) in [6.45, 7) is 3.82. The van der Waals surface area contributed by atoms with Gasteiger partial charge in [0.1, 0.15) is 0 Å². The van der Waals surface area contributed by atoms with E-state index in [1.165, 1.54) is 12.1 Å². The summed E-state index contributed by atoms with van der Waals surface area (Å²) in [6.07, 6.45) is 1.74. The van der Waals surface area contributed by atoms with E-state index in [9.17, 15) is 8.42 Å². The van der Waals surface area contributed by atoms with Gasteiger partial charge < -0.3 is 0 Å². The molecule has 0 unspecified atom stereocenters. The maximum atomic E-state index is 11.7. The second kappa shape index (κ2) is 5.65. The lowest BCUT2D eigenvalue weighted by Crippen LogP contribution is -2.19. The molecule has 0 amide bonds. The van der Waals surface area contributed by atoms with Crippen molar-refractivity contribution >= 4 is 15.7 Å². The third kappa shape index (κ3) is 3.66. The van der Waals surface area contributed by atoms with Crippen molar-refractivity contribution in [1.29, 1.82) is 0 Å². The first-order chi connectivity index (χ1) is 7.56. The Labute approximate surface area is 96.4 Å². The quantitative estimate of drug-likeness (QED) is 0.633. The number of nitrogens with one attached hydrogen (secondary N) is 1. The average Bonchev–Trinajstić information content (AvgIpc) is 2.28. The number of hydrogen-bond acceptors (Lipinski definition) is 3. The summed E-state index contributed by atoms with van der Waals surface area (Å²) in [6, 6.07) is 8.19. The van der Waals surface area contributed by atoms with Gasteiger partial charge in [-0.2, -0.15) is 13.5 Å². The Morgan fingerprint density at radius 2 is 1.94 bits per heavy atom. The van der Waals surface area contributed by atoms with E-state index in [0.29, 0.717) is 0 Å². The van der Waals surface area contributed by atoms with Crippen molar-refractivity contribution in [2.45, 2.75) is 31.6 Å². The van der Waals surface area contributed by atoms with Crippen LogP contribution in [0.3, 0.4) is 0 Å². The fraction of sp³-hybridized carbons (Fsp3) is 0.364. The Hall–Kier alpha value is -1.36. The first kappa shape index (κ1) is 12.7. The SMILES string of the molecule is CCCC(C)=NNS(=O)(=O)c1ccccc1. The van der Waals surface area contributed by atoms with Gasteiger partial charge in [-0.25, -0.2) is 4.83 Å². The minimum Gasteiger partial charge on any atom is -0.200 e. The van der Waals surface area contributed by atoms with Crippen LogP contribution in [0.25, 0.3) is 0 Å². The fourth-order valence-corrected chi connectivity index (χ4v) is 2.10. The Morgan fingerprint density at radius 3 is 2.50 bits per heavy atom. The van der Waals surface area contributed by atoms with E-state index < -0.39 is 10.0 Å². The lowest BCUT2D eigenvalue weighted by Gasteiger charge is -2.04. The molecule has 0 aliphatic rings. The molecule has 0 aliphatic carbocycles. The summed E-state index contributed by atoms with van der Waals surface area (Å²) < 4.78 is 23.4. The predicted molar refractivity (Wildman–Crippen MR) is 64.8 cm³/mol. The van der Waals surface area contributed by atoms with Gasteiger partial charge in [0, 0.05) is 5.71 Å². The zero-order chi connectivity index (χ0) is 12.0. The zero-order valence-corrected chi connectivity index (χ0v) is 10.3. The molecule has 0 heterocycles. The van der Waals surface area contributed by atoms with Crippen LogP contribution >= 0.6 is 0 Å². The molecule has 0 saturated carbocycles. The van der Waals surface area contributed by atoms with Crippen LogP contribution in [0.2, 0.25) is 0 Å². The van der Waals surface area contributed by atoms with Gasteiger partial charge in [0.15, 0.2) is 0 Å². The number of benzene rings is 1. The molecule has 0 spiro atoms. The normalized spacial score (nSPS) is 12.5. The predicted octanol–water partition coefficient (Wildman–Crippen LogP) is 2.14. The highest BCUT2D eigenvalue weighted by molar-refractivity contribution is 7.89. The molecule has 5 heteroatoms. The van der Waals surface area contributed by atoms with Crippen LogP contribution < -0.4 is 4.83 Å². The number of hydrazone groups is 1. The molecule has 4 nitrogen and oxygen atoms in total. The highest BCUT2D eigenvalue weighted by Crippen LogP contribution is 2.06. The van der Waals surface area contributed by atoms with Gasteiger partial charge >= 0.3 is 0 Å². The van der Waals surface area contributed by atoms with Crippen LogP contribution in [-0.4, -0.2) is 14.1 Å². The Bertz CT molecular complexity index is 452. The van der Waals surface area contributed by atoms with Gasteiger partial charge in [-0.05, 0) is 25.5 Å². The van der Waals surface area contributed by atoms with Gasteiger partial charge in [-0.1, -0.05) is 31.5 Å². The van der Waals surface area contributed by atoms with Crippen molar-refractivity contribution in [1.82, 2.24) is 4.83 Å². The number of sulfonamides is 1. The molecule has 88 valence electrons. The summed E-state index contributed by atoms with van der Waals surface area (Å²) in [5, 5.41) is 3.84. The molecule has 1 rings (SSSR count). The molecular formula is C11H16N2O2S. The van der Waals surface area contributed by atoms with Crippen molar-refractivity contribution in [3.63, 3.8) is 0 Å². The molecule has 1 aromatic rings. The van der Waals surface area contributed by atoms with E-state index in [-0.39, 0.29) is 4.90 Å². The van der Waals surface area contributed by atoms with Crippen molar-refractivity contribution in [2.24, 2.45) is 5.10 Å². The molecule has 16 heavy (non-hydrogen) atoms. The number of nitrogens with zero attached hydrogens (tertiary/aromatic N) is 1. The highest BCUT2D eigenvalue weighted by Gasteiger charge is 2.11. The van der Waals surface area contributed by atoms with Crippen LogP contribution in [0.15, 0.2) is 40.3 Å². The molecular weight excluding hydrogens is 224 g/mol. The minimum absolute atomic E-state index is 0.225. The first-order valence-corrected chi connectivity index (χ1v) is 6.64. The van der Waals surface area contributed by atoms with E-state index in [1.54, 1.807) is 25.1 Å². The second-order valence-corrected chi connectivity index (χ2v) is 5.17. The highest BCUT2D eigenvalue weighted by atomic mass is 32.2. The summed E-state index contributed by atoms with van der Waals surface area (Å²) in [5.41, 5.74) is 0.780. The first-order valence-electron chi connectivity index (χ1n) is 5.16. The fourth-order valence-electron chi connectivity index (χ4n) is 1.21. The lowest BCUT2D eigenvalue weighted by molar-refractivity contribution is 0.584. The van der Waals surface area contributed by atoms with Crippen LogP contribution in [0, 0.1) is 0 Å². The van der Waals surface area contributed by atoms with E-state index >= 15 is 0 Å². The largest absolute Gasteiger partial charge is 0.276 e. The standard InChI is InChI=1S/C11H16N2O2S/c1-3-7-10(2)12-13-16(14,15)11-8-5-4-6-9-11/h4-6,8-9,13H,3,7H2,1-2H3. The van der Waals surface area contributed by atoms with E-state index in [2.05, 4.69) is 9.93 Å². The smallest absolute Gasteiger partial charge is 0.200 e. The average molecular weight is 240 g/mol. The summed E-state index contributed by atoms with van der Waals surface area (Å²) in [7, 11) is -3.51. The number of hydrogen-bond donors (Lipinski definition) is 1. The van der Waals surface area contributed by atoms with Crippen LogP contribution in [0.5, 0.6) is 0 Å². The summed E-state index contributed by atoms with van der Waals surface area (Å²) >= 11 is 0. The van der Waals surface area contributed by atoms with Gasteiger partial charge in [-0.3, -0.25) is 0 Å². The van der Waals surface area contributed by atoms with Crippen LogP contribution in [0.1, 0.15) is 26.7 Å². The van der Waals surface area contributed by atoms with Crippen molar-refractivity contribution < 1.29 is 8.42 Å². The summed E-state index contributed by atoms with van der Waals surface area (Å²) in [4.78, 5) is 2.45. The summed E-state index contributed by atoms with van der Waals surface area (Å²) in [5.74, 6) is 0. The molecule has 0 aliphatic heterocycles. The van der Waals surface area contributed by atoms with Gasteiger partial charge in [-0.15, -0.1) is 0 Å². The van der Waals surface area contributed by atoms with Gasteiger partial charge in [0.2, 0.25) is 0 Å². The topological polar surface area (TPSA) is 58.5 Å². The molecule has 1 aromatic carbocycles. The third-order valence-corrected chi connectivity index (χ3v) is 3.25. The Morgan fingerprint density at radius 1 is 1.31 bits per heavy atom. The third-order valence-electron chi connectivity index (χ3n) is 2.02. The molecule has 0 aromatic heterocycles. The van der Waals surface area contributed by atoms with Crippen LogP contribution in [-0.2, 0) is 10.0 Å². The van der Waals surface area contributed by atoms with E-state index in [0.717, 1.165) is 18.6 Å². The van der Waals surface area contributed by atoms with Crippen molar-refractivity contribution in [2.75, 3.05) is 0 Å². The van der Waals surface area contributed by atoms with Crippen molar-refractivity contribution in [3.8, 4) is 0 Å². The van der Waals surface area contributed by atoms with Crippen molar-refractivity contribution in [3.05, 3.63) is 30.3 Å². The molecule has 1 N–H and O–H groups in total. The lowest BCUT2D eigenvalue weighted by atomic mass is 10.2. The Balaban J connectivity index is 2.78. The molecule has 0 bridgehead atoms. The minimum atomic E-state index is -3.51. The maximum absolute atomic E-state index is 11.7. The van der Waals surface area contributed by atoms with E-state index in [4.69, 9.17) is 0 Å². The maximum Gasteiger partial charge on any atom is 0.276 e. The van der Waals surface area contributed by atoms with E-state index in [1.807, 2.05) is 6.92 Å². The molecule has 0 saturated heterocycles. The molecule has 0 atom stereocenters. The number of rotatable bonds is 5.